The summed E-state index contributed by atoms with van der Waals surface area (Å²) < 4.78 is 7.24. The van der Waals surface area contributed by atoms with E-state index >= 15 is 0 Å². The van der Waals surface area contributed by atoms with Crippen molar-refractivity contribution in [2.45, 2.75) is 32.4 Å². The molecule has 0 bridgehead atoms. The Morgan fingerprint density at radius 3 is 3.10 bits per heavy atom. The Bertz CT molecular complexity index is 567. The molecular weight excluding hydrogens is 274 g/mol. The van der Waals surface area contributed by atoms with Gasteiger partial charge in [-0.3, -0.25) is 9.58 Å². The number of hydrogen-bond donors (Lipinski definition) is 0. The lowest BCUT2D eigenvalue weighted by molar-refractivity contribution is 0.247. The molecule has 1 saturated heterocycles. The maximum atomic E-state index is 5.38. The Morgan fingerprint density at radius 2 is 2.35 bits per heavy atom. The standard InChI is InChI=1S/C13H19N5OS/c1-3-19-13-16-15-12(20-13)9-18-6-4-5-11(18)10-7-14-17(2)8-10/h7-8,11H,3-6,9H2,1-2H3. The monoisotopic (exact) mass is 293 g/mol. The number of likely N-dealkylation sites (tertiary alicyclic amines) is 1. The molecule has 0 aromatic carbocycles. The lowest BCUT2D eigenvalue weighted by Gasteiger charge is -2.21. The zero-order chi connectivity index (χ0) is 13.9. The van der Waals surface area contributed by atoms with Crippen LogP contribution in [-0.2, 0) is 13.6 Å². The van der Waals surface area contributed by atoms with Crippen molar-refractivity contribution in [1.82, 2.24) is 24.9 Å². The zero-order valence-corrected chi connectivity index (χ0v) is 12.6. The maximum absolute atomic E-state index is 5.38. The fourth-order valence-electron chi connectivity index (χ4n) is 2.66. The number of nitrogens with zero attached hydrogens (tertiary/aromatic N) is 5. The van der Waals surface area contributed by atoms with E-state index in [1.54, 1.807) is 0 Å². The van der Waals surface area contributed by atoms with Gasteiger partial charge in [-0.15, -0.1) is 10.2 Å². The van der Waals surface area contributed by atoms with Gasteiger partial charge in [0.2, 0.25) is 0 Å². The van der Waals surface area contributed by atoms with E-state index in [2.05, 4.69) is 26.4 Å². The molecule has 6 nitrogen and oxygen atoms in total. The lowest BCUT2D eigenvalue weighted by atomic mass is 10.1. The number of hydrogen-bond acceptors (Lipinski definition) is 6. The molecule has 0 amide bonds. The average molecular weight is 293 g/mol. The molecule has 108 valence electrons. The van der Waals surface area contributed by atoms with Gasteiger partial charge in [0.25, 0.3) is 5.19 Å². The number of aryl methyl sites for hydroxylation is 1. The molecule has 0 N–H and O–H groups in total. The number of ether oxygens (including phenoxy) is 1. The van der Waals surface area contributed by atoms with Crippen LogP contribution in [0, 0.1) is 0 Å². The average Bonchev–Trinajstić information content (AvgIpc) is 3.12. The van der Waals surface area contributed by atoms with Gasteiger partial charge < -0.3 is 4.74 Å². The van der Waals surface area contributed by atoms with Crippen LogP contribution in [0.3, 0.4) is 0 Å². The largest absolute Gasteiger partial charge is 0.469 e. The number of aromatic nitrogens is 4. The smallest absolute Gasteiger partial charge is 0.294 e. The Kier molecular flexibility index (Phi) is 3.98. The highest BCUT2D eigenvalue weighted by Crippen LogP contribution is 2.33. The van der Waals surface area contributed by atoms with Gasteiger partial charge in [0.1, 0.15) is 5.01 Å². The zero-order valence-electron chi connectivity index (χ0n) is 11.8. The van der Waals surface area contributed by atoms with Crippen LogP contribution in [0.25, 0.3) is 0 Å². The van der Waals surface area contributed by atoms with Gasteiger partial charge in [-0.25, -0.2) is 0 Å². The lowest BCUT2D eigenvalue weighted by Crippen LogP contribution is -2.22. The van der Waals surface area contributed by atoms with Crippen LogP contribution in [0.2, 0.25) is 0 Å². The molecule has 1 atom stereocenters. The van der Waals surface area contributed by atoms with Gasteiger partial charge in [-0.2, -0.15) is 5.10 Å². The first-order chi connectivity index (χ1) is 9.76. The van der Waals surface area contributed by atoms with E-state index in [1.807, 2.05) is 24.9 Å². The Balaban J connectivity index is 1.69. The van der Waals surface area contributed by atoms with Crippen LogP contribution < -0.4 is 4.74 Å². The minimum atomic E-state index is 0.447. The third-order valence-corrected chi connectivity index (χ3v) is 4.35. The molecular formula is C13H19N5OS. The van der Waals surface area contributed by atoms with Gasteiger partial charge in [-0.1, -0.05) is 11.3 Å². The summed E-state index contributed by atoms with van der Waals surface area (Å²) in [6.45, 7) is 4.53. The van der Waals surface area contributed by atoms with Crippen molar-refractivity contribution in [3.8, 4) is 5.19 Å². The first kappa shape index (κ1) is 13.5. The predicted octanol–water partition coefficient (Wildman–Crippen LogP) is 2.01. The molecule has 3 heterocycles. The molecule has 7 heteroatoms. The molecule has 1 aliphatic heterocycles. The molecule has 0 aliphatic carbocycles. The van der Waals surface area contributed by atoms with Gasteiger partial charge in [0, 0.05) is 24.8 Å². The van der Waals surface area contributed by atoms with Gasteiger partial charge in [0.05, 0.1) is 19.3 Å². The van der Waals surface area contributed by atoms with E-state index in [4.69, 9.17) is 4.74 Å². The maximum Gasteiger partial charge on any atom is 0.294 e. The molecule has 0 radical (unpaired) electrons. The van der Waals surface area contributed by atoms with Crippen LogP contribution in [0.5, 0.6) is 5.19 Å². The molecule has 1 fully saturated rings. The summed E-state index contributed by atoms with van der Waals surface area (Å²) in [6, 6.07) is 0.447. The summed E-state index contributed by atoms with van der Waals surface area (Å²) in [5, 5.41) is 14.2. The summed E-state index contributed by atoms with van der Waals surface area (Å²) in [4.78, 5) is 2.45. The van der Waals surface area contributed by atoms with Crippen LogP contribution in [-0.4, -0.2) is 38.0 Å². The fourth-order valence-corrected chi connectivity index (χ4v) is 3.43. The summed E-state index contributed by atoms with van der Waals surface area (Å²) in [6.07, 6.45) is 6.48. The topological polar surface area (TPSA) is 56.1 Å². The van der Waals surface area contributed by atoms with Crippen molar-refractivity contribution >= 4 is 11.3 Å². The van der Waals surface area contributed by atoms with E-state index in [9.17, 15) is 0 Å². The highest BCUT2D eigenvalue weighted by atomic mass is 32.1. The van der Waals surface area contributed by atoms with Crippen molar-refractivity contribution in [2.75, 3.05) is 13.2 Å². The first-order valence-corrected chi connectivity index (χ1v) is 7.75. The van der Waals surface area contributed by atoms with Crippen LogP contribution in [0.4, 0.5) is 0 Å². The summed E-state index contributed by atoms with van der Waals surface area (Å²) in [5.74, 6) is 0. The van der Waals surface area contributed by atoms with Crippen LogP contribution >= 0.6 is 11.3 Å². The molecule has 2 aromatic rings. The second-order valence-corrected chi connectivity index (χ2v) is 6.00. The Hall–Kier alpha value is -1.47. The quantitative estimate of drug-likeness (QED) is 0.844. The van der Waals surface area contributed by atoms with E-state index in [-0.39, 0.29) is 0 Å². The van der Waals surface area contributed by atoms with Gasteiger partial charge in [-0.05, 0) is 26.3 Å². The van der Waals surface area contributed by atoms with Gasteiger partial charge >= 0.3 is 0 Å². The van der Waals surface area contributed by atoms with E-state index in [1.165, 1.54) is 29.7 Å². The third kappa shape index (κ3) is 2.83. The first-order valence-electron chi connectivity index (χ1n) is 6.94. The van der Waals surface area contributed by atoms with Crippen molar-refractivity contribution in [3.05, 3.63) is 23.0 Å². The minimum absolute atomic E-state index is 0.447. The highest BCUT2D eigenvalue weighted by molar-refractivity contribution is 7.13. The Morgan fingerprint density at radius 1 is 1.45 bits per heavy atom. The van der Waals surface area contributed by atoms with Crippen molar-refractivity contribution in [1.29, 1.82) is 0 Å². The van der Waals surface area contributed by atoms with Crippen molar-refractivity contribution in [2.24, 2.45) is 7.05 Å². The highest BCUT2D eigenvalue weighted by Gasteiger charge is 2.27. The molecule has 0 spiro atoms. The summed E-state index contributed by atoms with van der Waals surface area (Å²) >= 11 is 1.54. The van der Waals surface area contributed by atoms with Crippen molar-refractivity contribution in [3.63, 3.8) is 0 Å². The molecule has 2 aromatic heterocycles. The van der Waals surface area contributed by atoms with Gasteiger partial charge in [0.15, 0.2) is 0 Å². The van der Waals surface area contributed by atoms with Crippen molar-refractivity contribution < 1.29 is 4.74 Å². The molecule has 3 rings (SSSR count). The SMILES string of the molecule is CCOc1nnc(CN2CCCC2c2cnn(C)c2)s1. The molecule has 1 aliphatic rings. The third-order valence-electron chi connectivity index (χ3n) is 3.53. The van der Waals surface area contributed by atoms with E-state index in [0.717, 1.165) is 18.1 Å². The Labute approximate surface area is 122 Å². The molecule has 20 heavy (non-hydrogen) atoms. The minimum Gasteiger partial charge on any atom is -0.469 e. The summed E-state index contributed by atoms with van der Waals surface area (Å²) in [5.41, 5.74) is 1.29. The van der Waals surface area contributed by atoms with E-state index < -0.39 is 0 Å². The van der Waals surface area contributed by atoms with Crippen LogP contribution in [0.1, 0.15) is 36.4 Å². The number of rotatable bonds is 5. The normalized spacial score (nSPS) is 19.6. The van der Waals surface area contributed by atoms with Crippen LogP contribution in [0.15, 0.2) is 12.4 Å². The van der Waals surface area contributed by atoms with E-state index in [0.29, 0.717) is 17.8 Å². The second kappa shape index (κ2) is 5.88. The molecule has 1 unspecified atom stereocenters. The summed E-state index contributed by atoms with van der Waals surface area (Å²) in [7, 11) is 1.96. The molecule has 0 saturated carbocycles. The predicted molar refractivity (Wildman–Crippen MR) is 76.7 cm³/mol. The second-order valence-electron chi connectivity index (χ2n) is 4.97. The fraction of sp³-hybridized carbons (Fsp3) is 0.615.